The lowest BCUT2D eigenvalue weighted by Crippen LogP contribution is -2.06. The Morgan fingerprint density at radius 1 is 0.875 bits per heavy atom. The summed E-state index contributed by atoms with van der Waals surface area (Å²) >= 11 is 0. The molecule has 0 fully saturated rings. The van der Waals surface area contributed by atoms with Gasteiger partial charge in [0.15, 0.2) is 0 Å². The normalized spacial score (nSPS) is 10.0. The van der Waals surface area contributed by atoms with Crippen molar-refractivity contribution in [3.63, 3.8) is 0 Å². The lowest BCUT2D eigenvalue weighted by Gasteiger charge is -2.05. The molecule has 0 heterocycles. The van der Waals surface area contributed by atoms with Gasteiger partial charge in [-0.25, -0.2) is 0 Å². The molecular formula is C10H5F3O3. The fraction of sp³-hybridized carbons (Fsp3) is 0.100. The molecule has 1 aromatic rings. The lowest BCUT2D eigenvalue weighted by molar-refractivity contribution is 0.0834. The second-order valence-electron chi connectivity index (χ2n) is 3.02. The first kappa shape index (κ1) is 12.1. The zero-order valence-electron chi connectivity index (χ0n) is 8.01. The van der Waals surface area contributed by atoms with Crippen molar-refractivity contribution in [3.8, 4) is 0 Å². The second-order valence-corrected chi connectivity index (χ2v) is 3.02. The molecule has 0 atom stereocenters. The van der Waals surface area contributed by atoms with E-state index in [4.69, 9.17) is 0 Å². The predicted octanol–water partition coefficient (Wildman–Crippen LogP) is 2.32. The van der Waals surface area contributed by atoms with Crippen LogP contribution in [0.3, 0.4) is 0 Å². The van der Waals surface area contributed by atoms with Gasteiger partial charge in [0.25, 0.3) is 0 Å². The number of carbonyl (C=O) groups is 3. The van der Waals surface area contributed by atoms with Crippen molar-refractivity contribution in [3.05, 3.63) is 34.4 Å². The quantitative estimate of drug-likeness (QED) is 0.748. The van der Waals surface area contributed by atoms with Gasteiger partial charge in [-0.2, -0.15) is 13.2 Å². The Balaban J connectivity index is 3.57. The minimum Gasteiger partial charge on any atom is -0.255 e. The molecule has 0 saturated carbocycles. The van der Waals surface area contributed by atoms with E-state index in [2.05, 4.69) is 0 Å². The van der Waals surface area contributed by atoms with E-state index in [1.165, 1.54) is 0 Å². The summed E-state index contributed by atoms with van der Waals surface area (Å²) in [5.41, 5.74) is -2.42. The Kier molecular flexibility index (Phi) is 3.22. The van der Waals surface area contributed by atoms with Gasteiger partial charge < -0.3 is 0 Å². The second kappa shape index (κ2) is 4.26. The van der Waals surface area contributed by atoms with E-state index in [0.717, 1.165) is 6.92 Å². The van der Waals surface area contributed by atoms with Crippen molar-refractivity contribution < 1.29 is 27.6 Å². The lowest BCUT2D eigenvalue weighted by atomic mass is 9.99. The molecule has 0 aliphatic carbocycles. The summed E-state index contributed by atoms with van der Waals surface area (Å²) in [5.74, 6) is 0. The zero-order chi connectivity index (χ0) is 12.5. The standard InChI is InChI=1S/C10H5F3O3/c1-4-6(9(12)15)2-5(8(11)14)3-7(4)10(13)16/h2-3H,1H3. The third-order valence-corrected chi connectivity index (χ3v) is 2.06. The Morgan fingerprint density at radius 3 is 1.50 bits per heavy atom. The van der Waals surface area contributed by atoms with Crippen LogP contribution in [-0.2, 0) is 0 Å². The molecule has 0 unspecified atom stereocenters. The minimum atomic E-state index is -1.98. The molecule has 1 rings (SSSR count). The molecule has 3 nitrogen and oxygen atoms in total. The molecule has 0 aliphatic rings. The van der Waals surface area contributed by atoms with E-state index in [1.54, 1.807) is 0 Å². The fourth-order valence-corrected chi connectivity index (χ4v) is 1.24. The number of hydrogen-bond acceptors (Lipinski definition) is 3. The molecule has 0 amide bonds. The van der Waals surface area contributed by atoms with Crippen molar-refractivity contribution in [2.24, 2.45) is 0 Å². The van der Waals surface area contributed by atoms with E-state index in [9.17, 15) is 27.6 Å². The molecule has 0 N–H and O–H groups in total. The maximum absolute atomic E-state index is 12.5. The van der Waals surface area contributed by atoms with Crippen LogP contribution >= 0.6 is 0 Å². The predicted molar refractivity (Wildman–Crippen MR) is 47.5 cm³/mol. The van der Waals surface area contributed by atoms with E-state index >= 15 is 0 Å². The van der Waals surface area contributed by atoms with Crippen molar-refractivity contribution in [1.29, 1.82) is 0 Å². The third-order valence-electron chi connectivity index (χ3n) is 2.06. The Morgan fingerprint density at radius 2 is 1.25 bits per heavy atom. The van der Waals surface area contributed by atoms with Crippen molar-refractivity contribution >= 4 is 18.1 Å². The summed E-state index contributed by atoms with van der Waals surface area (Å²) in [5, 5.41) is 0. The highest BCUT2D eigenvalue weighted by atomic mass is 19.1. The number of hydrogen-bond donors (Lipinski definition) is 0. The first-order valence-electron chi connectivity index (χ1n) is 4.08. The molecule has 6 heteroatoms. The van der Waals surface area contributed by atoms with Gasteiger partial charge in [0.2, 0.25) is 0 Å². The van der Waals surface area contributed by atoms with Crippen LogP contribution in [0.2, 0.25) is 0 Å². The van der Waals surface area contributed by atoms with Crippen LogP contribution in [0.4, 0.5) is 13.2 Å². The topological polar surface area (TPSA) is 51.2 Å². The van der Waals surface area contributed by atoms with E-state index in [0.29, 0.717) is 12.1 Å². The van der Waals surface area contributed by atoms with E-state index in [1.807, 2.05) is 0 Å². The molecule has 0 radical (unpaired) electrons. The van der Waals surface area contributed by atoms with Crippen LogP contribution in [0.1, 0.15) is 36.6 Å². The zero-order valence-corrected chi connectivity index (χ0v) is 8.01. The largest absolute Gasteiger partial charge is 0.332 e. The molecule has 1 aromatic carbocycles. The van der Waals surface area contributed by atoms with Crippen LogP contribution in [-0.4, -0.2) is 18.1 Å². The maximum Gasteiger partial charge on any atom is 0.332 e. The van der Waals surface area contributed by atoms with Gasteiger partial charge in [-0.1, -0.05) is 0 Å². The summed E-state index contributed by atoms with van der Waals surface area (Å²) in [6.07, 6.45) is 0. The van der Waals surface area contributed by atoms with Crippen molar-refractivity contribution in [2.75, 3.05) is 0 Å². The molecule has 0 aromatic heterocycles. The summed E-state index contributed by atoms with van der Waals surface area (Å²) < 4.78 is 37.3. The minimum absolute atomic E-state index is 0.273. The van der Waals surface area contributed by atoms with Gasteiger partial charge in [-0.3, -0.25) is 14.4 Å². The summed E-state index contributed by atoms with van der Waals surface area (Å²) in [6.45, 7) is 1.12. The number of carbonyl (C=O) groups excluding carboxylic acids is 3. The first-order valence-corrected chi connectivity index (χ1v) is 4.08. The SMILES string of the molecule is Cc1c(C(=O)F)cc(C(=O)F)cc1C(=O)F. The van der Waals surface area contributed by atoms with Gasteiger partial charge in [-0.15, -0.1) is 0 Å². The fourth-order valence-electron chi connectivity index (χ4n) is 1.24. The highest BCUT2D eigenvalue weighted by molar-refractivity contribution is 6.01. The number of benzene rings is 1. The number of rotatable bonds is 3. The molecule has 0 spiro atoms. The summed E-state index contributed by atoms with van der Waals surface area (Å²) in [7, 11) is 0. The third kappa shape index (κ3) is 2.16. The van der Waals surface area contributed by atoms with Gasteiger partial charge in [-0.05, 0) is 24.6 Å². The molecule has 84 valence electrons. The molecule has 0 bridgehead atoms. The first-order chi connectivity index (χ1) is 7.34. The van der Waals surface area contributed by atoms with E-state index < -0.39 is 34.8 Å². The Bertz CT molecular complexity index is 459. The monoisotopic (exact) mass is 230 g/mol. The van der Waals surface area contributed by atoms with Crippen molar-refractivity contribution in [2.45, 2.75) is 6.92 Å². The van der Waals surface area contributed by atoms with Crippen molar-refractivity contribution in [1.82, 2.24) is 0 Å². The smallest absolute Gasteiger partial charge is 0.255 e. The average molecular weight is 230 g/mol. The van der Waals surface area contributed by atoms with Gasteiger partial charge in [0.05, 0.1) is 16.7 Å². The molecular weight excluding hydrogens is 225 g/mol. The molecule has 0 saturated heterocycles. The highest BCUT2D eigenvalue weighted by Gasteiger charge is 2.20. The maximum atomic E-state index is 12.5. The summed E-state index contributed by atoms with van der Waals surface area (Å²) in [4.78, 5) is 31.3. The summed E-state index contributed by atoms with van der Waals surface area (Å²) in [6, 6.07) is -4.66. The van der Waals surface area contributed by atoms with E-state index in [-0.39, 0.29) is 5.56 Å². The molecule has 16 heavy (non-hydrogen) atoms. The van der Waals surface area contributed by atoms with Gasteiger partial charge in [0.1, 0.15) is 0 Å². The number of halogens is 3. The van der Waals surface area contributed by atoms with Crippen LogP contribution in [0.15, 0.2) is 12.1 Å². The Hall–Kier alpha value is -1.98. The van der Waals surface area contributed by atoms with Crippen LogP contribution in [0.25, 0.3) is 0 Å². The Labute approximate surface area is 87.9 Å². The van der Waals surface area contributed by atoms with Crippen LogP contribution < -0.4 is 0 Å². The van der Waals surface area contributed by atoms with Crippen LogP contribution in [0.5, 0.6) is 0 Å². The molecule has 0 aliphatic heterocycles. The van der Waals surface area contributed by atoms with Crippen LogP contribution in [0, 0.1) is 6.92 Å². The van der Waals surface area contributed by atoms with Gasteiger partial charge >= 0.3 is 18.1 Å². The average Bonchev–Trinajstić information content (AvgIpc) is 2.16. The highest BCUT2D eigenvalue weighted by Crippen LogP contribution is 2.20. The van der Waals surface area contributed by atoms with Gasteiger partial charge in [0, 0.05) is 0 Å².